The van der Waals surface area contributed by atoms with Gasteiger partial charge in [-0.15, -0.1) is 0 Å². The van der Waals surface area contributed by atoms with E-state index in [1.165, 1.54) is 0 Å². The fourth-order valence-electron chi connectivity index (χ4n) is 1.45. The molecule has 0 saturated carbocycles. The highest BCUT2D eigenvalue weighted by Crippen LogP contribution is 2.19. The summed E-state index contributed by atoms with van der Waals surface area (Å²) in [6.07, 6.45) is 4.27. The molecule has 0 bridgehead atoms. The molecule has 0 aromatic carbocycles. The smallest absolute Gasteiger partial charge is 0.137 e. The Morgan fingerprint density at radius 2 is 2.31 bits per heavy atom. The van der Waals surface area contributed by atoms with Gasteiger partial charge in [0.1, 0.15) is 5.75 Å². The molecule has 16 heavy (non-hydrogen) atoms. The van der Waals surface area contributed by atoms with Gasteiger partial charge in [0.05, 0.1) is 12.8 Å². The van der Waals surface area contributed by atoms with Gasteiger partial charge in [0.15, 0.2) is 0 Å². The summed E-state index contributed by atoms with van der Waals surface area (Å²) in [6, 6.07) is 1.98. The average molecular weight is 225 g/mol. The van der Waals surface area contributed by atoms with Crippen molar-refractivity contribution in [3.8, 4) is 5.75 Å². The molecule has 1 unspecified atom stereocenters. The van der Waals surface area contributed by atoms with E-state index in [2.05, 4.69) is 10.4 Å². The molecule has 0 aliphatic heterocycles. The van der Waals surface area contributed by atoms with Gasteiger partial charge in [-0.05, 0) is 25.0 Å². The Bertz CT molecular complexity index is 307. The molecule has 3 N–H and O–H groups in total. The van der Waals surface area contributed by atoms with Gasteiger partial charge in [-0.1, -0.05) is 0 Å². The molecule has 1 aromatic rings. The SMILES string of the molecule is CCOc1cncc(C(CCOC)NN)c1. The van der Waals surface area contributed by atoms with Gasteiger partial charge in [-0.2, -0.15) is 0 Å². The van der Waals surface area contributed by atoms with Crippen molar-refractivity contribution >= 4 is 0 Å². The molecule has 1 rings (SSSR count). The van der Waals surface area contributed by atoms with Gasteiger partial charge >= 0.3 is 0 Å². The molecule has 0 amide bonds. The van der Waals surface area contributed by atoms with Gasteiger partial charge in [0.25, 0.3) is 0 Å². The topological polar surface area (TPSA) is 69.4 Å². The molecule has 90 valence electrons. The highest BCUT2D eigenvalue weighted by Gasteiger charge is 2.10. The van der Waals surface area contributed by atoms with Crippen LogP contribution in [0.4, 0.5) is 0 Å². The number of nitrogens with zero attached hydrogens (tertiary/aromatic N) is 1. The summed E-state index contributed by atoms with van der Waals surface area (Å²) in [7, 11) is 1.67. The molecule has 5 nitrogen and oxygen atoms in total. The Labute approximate surface area is 95.9 Å². The molecule has 1 aromatic heterocycles. The van der Waals surface area contributed by atoms with E-state index in [-0.39, 0.29) is 6.04 Å². The zero-order valence-corrected chi connectivity index (χ0v) is 9.77. The van der Waals surface area contributed by atoms with Crippen molar-refractivity contribution in [2.75, 3.05) is 20.3 Å². The van der Waals surface area contributed by atoms with Crippen molar-refractivity contribution in [1.29, 1.82) is 0 Å². The molecule has 0 aliphatic rings. The largest absolute Gasteiger partial charge is 0.492 e. The van der Waals surface area contributed by atoms with Crippen molar-refractivity contribution in [3.63, 3.8) is 0 Å². The standard InChI is InChI=1S/C11H19N3O2/c1-3-16-10-6-9(7-13-8-10)11(14-12)4-5-15-2/h6-8,11,14H,3-5,12H2,1-2H3. The maximum absolute atomic E-state index is 5.50. The Kier molecular flexibility index (Phi) is 5.77. The molecule has 0 saturated heterocycles. The van der Waals surface area contributed by atoms with Crippen LogP contribution in [-0.2, 0) is 4.74 Å². The van der Waals surface area contributed by atoms with E-state index in [1.807, 2.05) is 13.0 Å². The zero-order chi connectivity index (χ0) is 11.8. The van der Waals surface area contributed by atoms with Gasteiger partial charge in [-0.25, -0.2) is 0 Å². The monoisotopic (exact) mass is 225 g/mol. The number of pyridine rings is 1. The van der Waals surface area contributed by atoms with E-state index >= 15 is 0 Å². The Balaban J connectivity index is 2.71. The lowest BCUT2D eigenvalue weighted by Crippen LogP contribution is -2.29. The number of rotatable bonds is 7. The number of hydrogen-bond donors (Lipinski definition) is 2. The Morgan fingerprint density at radius 3 is 2.94 bits per heavy atom. The average Bonchev–Trinajstić information content (AvgIpc) is 2.31. The van der Waals surface area contributed by atoms with Crippen molar-refractivity contribution in [3.05, 3.63) is 24.0 Å². The van der Waals surface area contributed by atoms with E-state index in [1.54, 1.807) is 19.5 Å². The second kappa shape index (κ2) is 7.16. The number of ether oxygens (including phenoxy) is 2. The number of aromatic nitrogens is 1. The summed E-state index contributed by atoms with van der Waals surface area (Å²) in [4.78, 5) is 4.12. The normalized spacial score (nSPS) is 12.4. The second-order valence-electron chi connectivity index (χ2n) is 3.39. The van der Waals surface area contributed by atoms with E-state index < -0.39 is 0 Å². The van der Waals surface area contributed by atoms with Gasteiger partial charge in [-0.3, -0.25) is 16.3 Å². The lowest BCUT2D eigenvalue weighted by Gasteiger charge is -2.16. The second-order valence-corrected chi connectivity index (χ2v) is 3.39. The molecule has 0 aliphatic carbocycles. The van der Waals surface area contributed by atoms with Crippen molar-refractivity contribution in [2.24, 2.45) is 5.84 Å². The predicted molar refractivity (Wildman–Crippen MR) is 62.0 cm³/mol. The number of hydrogen-bond acceptors (Lipinski definition) is 5. The Hall–Kier alpha value is -1.17. The summed E-state index contributed by atoms with van der Waals surface area (Å²) in [5.41, 5.74) is 3.75. The van der Waals surface area contributed by atoms with Crippen LogP contribution in [0, 0.1) is 0 Å². The van der Waals surface area contributed by atoms with Gasteiger partial charge < -0.3 is 9.47 Å². The highest BCUT2D eigenvalue weighted by atomic mass is 16.5. The fourth-order valence-corrected chi connectivity index (χ4v) is 1.45. The number of nitrogens with two attached hydrogens (primary N) is 1. The first kappa shape index (κ1) is 12.9. The maximum Gasteiger partial charge on any atom is 0.137 e. The molecule has 1 heterocycles. The van der Waals surface area contributed by atoms with E-state index in [4.69, 9.17) is 15.3 Å². The minimum absolute atomic E-state index is 0.0351. The van der Waals surface area contributed by atoms with Crippen LogP contribution < -0.4 is 16.0 Å². The highest BCUT2D eigenvalue weighted by molar-refractivity contribution is 5.25. The van der Waals surface area contributed by atoms with Gasteiger partial charge in [0, 0.05) is 26.0 Å². The fraction of sp³-hybridized carbons (Fsp3) is 0.545. The third-order valence-electron chi connectivity index (χ3n) is 2.26. The summed E-state index contributed by atoms with van der Waals surface area (Å²) in [5, 5.41) is 0. The third-order valence-corrected chi connectivity index (χ3v) is 2.26. The number of nitrogens with one attached hydrogen (secondary N) is 1. The molecule has 5 heteroatoms. The molecular formula is C11H19N3O2. The number of hydrazine groups is 1. The predicted octanol–water partition coefficient (Wildman–Crippen LogP) is 1.02. The number of methoxy groups -OCH3 is 1. The van der Waals surface area contributed by atoms with Crippen LogP contribution in [0.5, 0.6) is 5.75 Å². The van der Waals surface area contributed by atoms with Crippen molar-refractivity contribution in [2.45, 2.75) is 19.4 Å². The quantitative estimate of drug-likeness (QED) is 0.535. The van der Waals surface area contributed by atoms with Crippen molar-refractivity contribution < 1.29 is 9.47 Å². The minimum atomic E-state index is 0.0351. The molecule has 1 atom stereocenters. The van der Waals surface area contributed by atoms with Crippen molar-refractivity contribution in [1.82, 2.24) is 10.4 Å². The van der Waals surface area contributed by atoms with Crippen LogP contribution in [0.15, 0.2) is 18.5 Å². The van der Waals surface area contributed by atoms with E-state index in [0.29, 0.717) is 13.2 Å². The van der Waals surface area contributed by atoms with Crippen LogP contribution in [-0.4, -0.2) is 25.3 Å². The van der Waals surface area contributed by atoms with Gasteiger partial charge in [0.2, 0.25) is 0 Å². The summed E-state index contributed by atoms with van der Waals surface area (Å²) >= 11 is 0. The molecule has 0 fully saturated rings. The minimum Gasteiger partial charge on any atom is -0.492 e. The third kappa shape index (κ3) is 3.77. The van der Waals surface area contributed by atoms with Crippen LogP contribution in [0.1, 0.15) is 24.9 Å². The van der Waals surface area contributed by atoms with E-state index in [9.17, 15) is 0 Å². The lowest BCUT2D eigenvalue weighted by atomic mass is 10.1. The summed E-state index contributed by atoms with van der Waals surface area (Å²) < 4.78 is 10.4. The Morgan fingerprint density at radius 1 is 1.50 bits per heavy atom. The molecular weight excluding hydrogens is 206 g/mol. The van der Waals surface area contributed by atoms with Crippen LogP contribution in [0.3, 0.4) is 0 Å². The molecule has 0 spiro atoms. The van der Waals surface area contributed by atoms with E-state index in [0.717, 1.165) is 17.7 Å². The van der Waals surface area contributed by atoms with Crippen LogP contribution in [0.2, 0.25) is 0 Å². The summed E-state index contributed by atoms with van der Waals surface area (Å²) in [5.74, 6) is 6.26. The zero-order valence-electron chi connectivity index (χ0n) is 9.77. The van der Waals surface area contributed by atoms with Crippen LogP contribution >= 0.6 is 0 Å². The summed E-state index contributed by atoms with van der Waals surface area (Å²) in [6.45, 7) is 3.22. The molecule has 0 radical (unpaired) electrons. The lowest BCUT2D eigenvalue weighted by molar-refractivity contribution is 0.183. The first-order valence-corrected chi connectivity index (χ1v) is 5.34. The first-order chi connectivity index (χ1) is 7.81. The van der Waals surface area contributed by atoms with Crippen LogP contribution in [0.25, 0.3) is 0 Å². The maximum atomic E-state index is 5.50. The first-order valence-electron chi connectivity index (χ1n) is 5.34.